The van der Waals surface area contributed by atoms with E-state index in [1.165, 1.54) is 0 Å². The molecule has 0 spiro atoms. The zero-order valence-electron chi connectivity index (χ0n) is 8.72. The number of hydrogen-bond donors (Lipinski definition) is 3. The third-order valence-electron chi connectivity index (χ3n) is 3.33. The molecule has 1 heterocycles. The van der Waals surface area contributed by atoms with Gasteiger partial charge in [0, 0.05) is 0 Å². The molecular weight excluding hydrogens is 188 g/mol. The monoisotopic (exact) mass is 204 g/mol. The van der Waals surface area contributed by atoms with Gasteiger partial charge in [-0.05, 0) is 27.7 Å². The lowest BCUT2D eigenvalue weighted by Crippen LogP contribution is -2.52. The number of aliphatic carboxylic acids is 1. The molecule has 1 aliphatic rings. The first-order valence-corrected chi connectivity index (χ1v) is 4.33. The third kappa shape index (κ3) is 1.15. The quantitative estimate of drug-likeness (QED) is 0.571. The van der Waals surface area contributed by atoms with Crippen LogP contribution in [-0.2, 0) is 4.79 Å². The van der Waals surface area contributed by atoms with E-state index in [9.17, 15) is 15.2 Å². The number of carboxylic acids is 1. The summed E-state index contributed by atoms with van der Waals surface area (Å²) in [6.45, 7) is 6.66. The lowest BCUT2D eigenvalue weighted by atomic mass is 9.84. The highest BCUT2D eigenvalue weighted by molar-refractivity contribution is 5.73. The number of hydrogen-bond acceptors (Lipinski definition) is 5. The van der Waals surface area contributed by atoms with E-state index in [0.717, 1.165) is 0 Å². The van der Waals surface area contributed by atoms with Crippen LogP contribution in [-0.4, -0.2) is 48.9 Å². The maximum Gasteiger partial charge on any atom is 0.340 e. The van der Waals surface area contributed by atoms with Gasteiger partial charge in [0.15, 0.2) is 0 Å². The van der Waals surface area contributed by atoms with Crippen molar-refractivity contribution in [3.8, 4) is 0 Å². The van der Waals surface area contributed by atoms with Crippen LogP contribution in [0.3, 0.4) is 0 Å². The summed E-state index contributed by atoms with van der Waals surface area (Å²) in [6.07, 6.45) is -1.42. The summed E-state index contributed by atoms with van der Waals surface area (Å²) in [5.41, 5.74) is -1.68. The molecule has 0 amide bonds. The van der Waals surface area contributed by atoms with Gasteiger partial charge in [0.05, 0.1) is 11.1 Å². The fourth-order valence-electron chi connectivity index (χ4n) is 1.48. The van der Waals surface area contributed by atoms with E-state index in [2.05, 4.69) is 0 Å². The average molecular weight is 204 g/mol. The van der Waals surface area contributed by atoms with E-state index in [0.29, 0.717) is 10.1 Å². The SMILES string of the molecule is CC1(C)N(O)C(C(=O)O)N(O)C1(C)C. The normalized spacial score (nSPS) is 28.1. The summed E-state index contributed by atoms with van der Waals surface area (Å²) < 4.78 is 0. The Kier molecular flexibility index (Phi) is 2.36. The maximum atomic E-state index is 10.8. The topological polar surface area (TPSA) is 84.2 Å². The fourth-order valence-corrected chi connectivity index (χ4v) is 1.48. The molecule has 0 aromatic rings. The molecule has 14 heavy (non-hydrogen) atoms. The van der Waals surface area contributed by atoms with Crippen LogP contribution in [0.15, 0.2) is 0 Å². The van der Waals surface area contributed by atoms with Gasteiger partial charge in [0.2, 0.25) is 6.17 Å². The molecule has 6 heteroatoms. The van der Waals surface area contributed by atoms with Gasteiger partial charge >= 0.3 is 5.97 Å². The van der Waals surface area contributed by atoms with Gasteiger partial charge in [-0.25, -0.2) is 4.79 Å². The minimum absolute atomic E-state index is 0.662. The minimum Gasteiger partial charge on any atom is -0.479 e. The molecule has 1 rings (SSSR count). The Morgan fingerprint density at radius 3 is 1.50 bits per heavy atom. The van der Waals surface area contributed by atoms with Crippen molar-refractivity contribution in [1.29, 1.82) is 0 Å². The first-order chi connectivity index (χ1) is 6.14. The van der Waals surface area contributed by atoms with Crippen molar-refractivity contribution in [1.82, 2.24) is 10.1 Å². The fraction of sp³-hybridized carbons (Fsp3) is 0.875. The molecule has 0 radical (unpaired) electrons. The number of carbonyl (C=O) groups is 1. The van der Waals surface area contributed by atoms with Crippen LogP contribution >= 0.6 is 0 Å². The highest BCUT2D eigenvalue weighted by Gasteiger charge is 2.60. The molecule has 1 saturated heterocycles. The summed E-state index contributed by atoms with van der Waals surface area (Å²) in [5, 5.41) is 29.4. The molecule has 1 aliphatic heterocycles. The minimum atomic E-state index is -1.42. The predicted molar refractivity (Wildman–Crippen MR) is 46.8 cm³/mol. The van der Waals surface area contributed by atoms with Gasteiger partial charge in [0.25, 0.3) is 0 Å². The standard InChI is InChI=1S/C8H16N2O4/c1-7(2)8(3,4)10(14)5(6(11)12)9(7)13/h5,13-14H,1-4H3,(H,11,12). The van der Waals surface area contributed by atoms with Crippen molar-refractivity contribution in [3.63, 3.8) is 0 Å². The Balaban J connectivity index is 3.15. The Hall–Kier alpha value is -0.690. The summed E-state index contributed by atoms with van der Waals surface area (Å²) in [6, 6.07) is 0. The average Bonchev–Trinajstić information content (AvgIpc) is 2.12. The van der Waals surface area contributed by atoms with E-state index < -0.39 is 23.2 Å². The molecule has 3 N–H and O–H groups in total. The zero-order chi connectivity index (χ0) is 11.3. The molecule has 0 aliphatic carbocycles. The van der Waals surface area contributed by atoms with Gasteiger partial charge in [0.1, 0.15) is 0 Å². The molecule has 0 unspecified atom stereocenters. The molecule has 0 bridgehead atoms. The van der Waals surface area contributed by atoms with Crippen molar-refractivity contribution in [3.05, 3.63) is 0 Å². The smallest absolute Gasteiger partial charge is 0.340 e. The number of hydroxylamine groups is 4. The van der Waals surface area contributed by atoms with Crippen molar-refractivity contribution in [2.75, 3.05) is 0 Å². The molecule has 1 fully saturated rings. The Bertz CT molecular complexity index is 244. The van der Waals surface area contributed by atoms with E-state index in [1.807, 2.05) is 0 Å². The van der Waals surface area contributed by atoms with Crippen molar-refractivity contribution in [2.45, 2.75) is 44.9 Å². The molecule has 0 aromatic carbocycles. The van der Waals surface area contributed by atoms with Gasteiger partial charge in [-0.2, -0.15) is 10.1 Å². The first kappa shape index (κ1) is 11.4. The highest BCUT2D eigenvalue weighted by atomic mass is 16.6. The van der Waals surface area contributed by atoms with Gasteiger partial charge in [-0.1, -0.05) is 0 Å². The summed E-state index contributed by atoms with van der Waals surface area (Å²) >= 11 is 0. The second-order valence-electron chi connectivity index (χ2n) is 4.52. The van der Waals surface area contributed by atoms with Crippen molar-refractivity contribution >= 4 is 5.97 Å². The lowest BCUT2D eigenvalue weighted by Gasteiger charge is -2.37. The second kappa shape index (κ2) is 2.90. The predicted octanol–water partition coefficient (Wildman–Crippen LogP) is 0.350. The van der Waals surface area contributed by atoms with Crippen molar-refractivity contribution < 1.29 is 20.3 Å². The summed E-state index contributed by atoms with van der Waals surface area (Å²) in [5.74, 6) is -1.28. The molecule has 0 aromatic heterocycles. The number of rotatable bonds is 1. The van der Waals surface area contributed by atoms with Crippen LogP contribution in [0, 0.1) is 0 Å². The Morgan fingerprint density at radius 1 is 1.07 bits per heavy atom. The number of carboxylic acid groups (broad SMARTS) is 1. The molecular formula is C8H16N2O4. The Morgan fingerprint density at radius 2 is 1.36 bits per heavy atom. The Labute approximate surface area is 82.3 Å². The van der Waals surface area contributed by atoms with Crippen LogP contribution in [0.5, 0.6) is 0 Å². The summed E-state index contributed by atoms with van der Waals surface area (Å²) in [7, 11) is 0. The summed E-state index contributed by atoms with van der Waals surface area (Å²) in [4.78, 5) is 10.8. The third-order valence-corrected chi connectivity index (χ3v) is 3.33. The second-order valence-corrected chi connectivity index (χ2v) is 4.52. The molecule has 0 atom stereocenters. The maximum absolute atomic E-state index is 10.8. The zero-order valence-corrected chi connectivity index (χ0v) is 8.72. The molecule has 0 saturated carbocycles. The van der Waals surface area contributed by atoms with Crippen LogP contribution in [0.25, 0.3) is 0 Å². The van der Waals surface area contributed by atoms with E-state index in [1.54, 1.807) is 27.7 Å². The first-order valence-electron chi connectivity index (χ1n) is 4.33. The van der Waals surface area contributed by atoms with Crippen LogP contribution in [0.2, 0.25) is 0 Å². The molecule has 82 valence electrons. The van der Waals surface area contributed by atoms with Gasteiger partial charge in [-0.15, -0.1) is 0 Å². The van der Waals surface area contributed by atoms with Crippen molar-refractivity contribution in [2.24, 2.45) is 0 Å². The highest BCUT2D eigenvalue weighted by Crippen LogP contribution is 2.40. The largest absolute Gasteiger partial charge is 0.479 e. The van der Waals surface area contributed by atoms with E-state index in [-0.39, 0.29) is 0 Å². The van der Waals surface area contributed by atoms with E-state index >= 15 is 0 Å². The molecule has 6 nitrogen and oxygen atoms in total. The lowest BCUT2D eigenvalue weighted by molar-refractivity contribution is -0.227. The van der Waals surface area contributed by atoms with Crippen LogP contribution < -0.4 is 0 Å². The van der Waals surface area contributed by atoms with Crippen LogP contribution in [0.4, 0.5) is 0 Å². The van der Waals surface area contributed by atoms with E-state index in [4.69, 9.17) is 5.11 Å². The van der Waals surface area contributed by atoms with Gasteiger partial charge < -0.3 is 15.5 Å². The van der Waals surface area contributed by atoms with Crippen LogP contribution in [0.1, 0.15) is 27.7 Å². The van der Waals surface area contributed by atoms with Gasteiger partial charge in [-0.3, -0.25) is 0 Å². The number of nitrogens with zero attached hydrogens (tertiary/aromatic N) is 2.